The molecule has 10 nitrogen and oxygen atoms in total. The van der Waals surface area contributed by atoms with Crippen LogP contribution in [0.25, 0.3) is 16.4 Å². The first-order valence-electron chi connectivity index (χ1n) is 13.7. The van der Waals surface area contributed by atoms with E-state index in [0.717, 1.165) is 16.1 Å². The molecule has 1 aliphatic carbocycles. The van der Waals surface area contributed by atoms with Crippen molar-refractivity contribution in [1.82, 2.24) is 30.6 Å². The average molecular weight is 587 g/mol. The Morgan fingerprint density at radius 2 is 1.88 bits per heavy atom. The zero-order chi connectivity index (χ0) is 30.6. The minimum atomic E-state index is -4.41. The molecule has 4 heterocycles. The maximum Gasteiger partial charge on any atom is 0.413 e. The summed E-state index contributed by atoms with van der Waals surface area (Å²) >= 11 is 0. The topological polar surface area (TPSA) is 129 Å². The van der Waals surface area contributed by atoms with Crippen molar-refractivity contribution in [2.24, 2.45) is 5.41 Å². The summed E-state index contributed by atoms with van der Waals surface area (Å²) in [5.74, 6) is 0. The second kappa shape index (κ2) is 10.1. The number of nitrogens with one attached hydrogen (secondary N) is 4. The van der Waals surface area contributed by atoms with Gasteiger partial charge >= 0.3 is 6.18 Å². The normalized spacial score (nSPS) is 16.7. The molecule has 1 fully saturated rings. The molecule has 1 saturated carbocycles. The molecule has 0 amide bonds. The van der Waals surface area contributed by atoms with Gasteiger partial charge in [0, 0.05) is 48.0 Å². The van der Waals surface area contributed by atoms with Gasteiger partial charge in [-0.25, -0.2) is 4.52 Å². The van der Waals surface area contributed by atoms with Crippen molar-refractivity contribution in [1.29, 1.82) is 10.5 Å². The van der Waals surface area contributed by atoms with E-state index in [1.807, 2.05) is 18.2 Å². The van der Waals surface area contributed by atoms with Crippen LogP contribution in [-0.4, -0.2) is 37.9 Å². The van der Waals surface area contributed by atoms with Crippen LogP contribution >= 0.6 is 0 Å². The Balaban J connectivity index is 1.47. The fourth-order valence-corrected chi connectivity index (χ4v) is 5.29. The monoisotopic (exact) mass is 586 g/mol. The number of nitriles is 2. The van der Waals surface area contributed by atoms with E-state index >= 15 is 0 Å². The highest BCUT2D eigenvalue weighted by Crippen LogP contribution is 2.53. The summed E-state index contributed by atoms with van der Waals surface area (Å²) in [4.78, 5) is 4.41. The molecule has 43 heavy (non-hydrogen) atoms. The summed E-state index contributed by atoms with van der Waals surface area (Å²) in [6, 6.07) is 12.7. The molecule has 13 heteroatoms. The van der Waals surface area contributed by atoms with E-state index in [0.29, 0.717) is 40.1 Å². The third-order valence-corrected chi connectivity index (χ3v) is 7.71. The number of hydrogen-bond donors (Lipinski definition) is 4. The van der Waals surface area contributed by atoms with E-state index in [1.165, 1.54) is 12.4 Å². The maximum absolute atomic E-state index is 13.9. The van der Waals surface area contributed by atoms with E-state index in [1.54, 1.807) is 29.0 Å². The van der Waals surface area contributed by atoms with Crippen molar-refractivity contribution in [2.45, 2.75) is 51.4 Å². The fourth-order valence-electron chi connectivity index (χ4n) is 5.29. The Morgan fingerprint density at radius 3 is 2.56 bits per heavy atom. The number of nitrogens with zero attached hydrogens (tertiary/aromatic N) is 6. The first kappa shape index (κ1) is 28.1. The zero-order valence-electron chi connectivity index (χ0n) is 23.7. The first-order chi connectivity index (χ1) is 20.4. The summed E-state index contributed by atoms with van der Waals surface area (Å²) in [6.45, 7) is 6.75. The van der Waals surface area contributed by atoms with E-state index in [9.17, 15) is 23.7 Å². The van der Waals surface area contributed by atoms with E-state index < -0.39 is 17.8 Å². The summed E-state index contributed by atoms with van der Waals surface area (Å²) in [6.07, 6.45) is 1.88. The summed E-state index contributed by atoms with van der Waals surface area (Å²) in [7, 11) is 0. The van der Waals surface area contributed by atoms with Crippen molar-refractivity contribution >= 4 is 27.8 Å². The number of halogens is 3. The van der Waals surface area contributed by atoms with E-state index in [4.69, 9.17) is 0 Å². The molecule has 0 unspecified atom stereocenters. The number of hydrazine groups is 2. The molecule has 6 rings (SSSR count). The molecule has 1 aliphatic heterocycles. The molecule has 220 valence electrons. The van der Waals surface area contributed by atoms with Crippen LogP contribution in [0.3, 0.4) is 0 Å². The highest BCUT2D eigenvalue weighted by molar-refractivity contribution is 5.99. The number of alkyl halides is 3. The SMILES string of the molecule is CC(C)(C)CNc1c(C#N)cnc2c(C#N)cc(N[C@H](C3=CN(C4(C(F)(F)F)CC4)NN3)c3cccn4nccc34)cc12. The van der Waals surface area contributed by atoms with Crippen LogP contribution < -0.4 is 21.6 Å². The van der Waals surface area contributed by atoms with Gasteiger partial charge in [-0.05, 0) is 42.5 Å². The number of anilines is 2. The van der Waals surface area contributed by atoms with Crippen LogP contribution in [0.4, 0.5) is 24.5 Å². The predicted molar refractivity (Wildman–Crippen MR) is 155 cm³/mol. The largest absolute Gasteiger partial charge is 0.413 e. The molecule has 0 spiro atoms. The van der Waals surface area contributed by atoms with Crippen molar-refractivity contribution in [3.63, 3.8) is 0 Å². The molecule has 4 aromatic rings. The number of fused-ring (bicyclic) bond motifs is 2. The van der Waals surface area contributed by atoms with Gasteiger partial charge in [0.25, 0.3) is 0 Å². The number of hydrogen-bond acceptors (Lipinski definition) is 9. The highest BCUT2D eigenvalue weighted by atomic mass is 19.4. The Morgan fingerprint density at radius 1 is 1.12 bits per heavy atom. The van der Waals surface area contributed by atoms with Crippen LogP contribution in [0.2, 0.25) is 0 Å². The van der Waals surface area contributed by atoms with Gasteiger partial charge in [-0.2, -0.15) is 28.8 Å². The molecular weight excluding hydrogens is 557 g/mol. The smallest absolute Gasteiger partial charge is 0.383 e. The molecule has 0 bridgehead atoms. The van der Waals surface area contributed by atoms with Gasteiger partial charge in [0.15, 0.2) is 5.54 Å². The van der Waals surface area contributed by atoms with Gasteiger partial charge in [0.1, 0.15) is 12.1 Å². The quantitative estimate of drug-likeness (QED) is 0.222. The summed E-state index contributed by atoms with van der Waals surface area (Å²) in [5, 5.41) is 32.7. The molecule has 0 saturated heterocycles. The lowest BCUT2D eigenvalue weighted by molar-refractivity contribution is -0.195. The number of benzene rings is 1. The Bertz CT molecular complexity index is 1830. The Hall–Kier alpha value is -5.01. The van der Waals surface area contributed by atoms with E-state index in [-0.39, 0.29) is 23.8 Å². The first-order valence-corrected chi connectivity index (χ1v) is 13.7. The minimum absolute atomic E-state index is 0.0139. The van der Waals surface area contributed by atoms with Crippen molar-refractivity contribution < 1.29 is 13.2 Å². The summed E-state index contributed by atoms with van der Waals surface area (Å²) in [5.41, 5.74) is 7.64. The molecule has 1 aromatic carbocycles. The zero-order valence-corrected chi connectivity index (χ0v) is 23.7. The van der Waals surface area contributed by atoms with Crippen LogP contribution in [0, 0.1) is 28.1 Å². The minimum Gasteiger partial charge on any atom is -0.383 e. The van der Waals surface area contributed by atoms with Gasteiger partial charge in [-0.3, -0.25) is 9.99 Å². The second-order valence-electron chi connectivity index (χ2n) is 12.0. The number of rotatable bonds is 7. The summed E-state index contributed by atoms with van der Waals surface area (Å²) < 4.78 is 43.5. The van der Waals surface area contributed by atoms with Gasteiger partial charge in [-0.15, -0.1) is 5.53 Å². The second-order valence-corrected chi connectivity index (χ2v) is 12.0. The van der Waals surface area contributed by atoms with Gasteiger partial charge < -0.3 is 16.1 Å². The van der Waals surface area contributed by atoms with Gasteiger partial charge in [0.2, 0.25) is 0 Å². The molecule has 1 atom stereocenters. The fraction of sp³-hybridized carbons (Fsp3) is 0.333. The number of aromatic nitrogens is 3. The Kier molecular flexibility index (Phi) is 6.58. The predicted octanol–water partition coefficient (Wildman–Crippen LogP) is 5.50. The maximum atomic E-state index is 13.9. The molecule has 0 radical (unpaired) electrons. The van der Waals surface area contributed by atoms with Crippen LogP contribution in [0.15, 0.2) is 60.8 Å². The highest BCUT2D eigenvalue weighted by Gasteiger charge is 2.67. The number of pyridine rings is 2. The lowest BCUT2D eigenvalue weighted by Gasteiger charge is -2.28. The van der Waals surface area contributed by atoms with Crippen LogP contribution in [-0.2, 0) is 0 Å². The van der Waals surface area contributed by atoms with Crippen molar-refractivity contribution in [2.75, 3.05) is 17.2 Å². The third-order valence-electron chi connectivity index (χ3n) is 7.71. The molecular formula is C30H29F3N10. The van der Waals surface area contributed by atoms with Crippen molar-refractivity contribution in [3.8, 4) is 12.1 Å². The van der Waals surface area contributed by atoms with E-state index in [2.05, 4.69) is 64.6 Å². The van der Waals surface area contributed by atoms with Crippen LogP contribution in [0.5, 0.6) is 0 Å². The van der Waals surface area contributed by atoms with Gasteiger partial charge in [-0.1, -0.05) is 26.8 Å². The molecule has 3 aromatic heterocycles. The van der Waals surface area contributed by atoms with Gasteiger partial charge in [0.05, 0.1) is 39.6 Å². The third kappa shape index (κ3) is 5.02. The average Bonchev–Trinajstić information content (AvgIpc) is 3.41. The lowest BCUT2D eigenvalue weighted by atomic mass is 9.96. The Labute approximate surface area is 245 Å². The standard InChI is InChI=1S/C30H29F3N10/c1-28(2,3)17-37-26-19(14-35)15-36-25-18(13-34)11-20(12-22(25)26)39-27(21-5-4-10-42-24(21)6-9-38-42)23-16-43(41-40-23)29(7-8-29)30(31,32)33/h4-6,9-12,15-16,27,39-41H,7-8,17H2,1-3H3,(H,36,37)/t27-/m0/s1. The molecule has 2 aliphatic rings. The van der Waals surface area contributed by atoms with Crippen LogP contribution in [0.1, 0.15) is 56.3 Å². The van der Waals surface area contributed by atoms with Crippen molar-refractivity contribution in [3.05, 3.63) is 77.5 Å². The molecule has 4 N–H and O–H groups in total. The lowest BCUT2D eigenvalue weighted by Crippen LogP contribution is -2.52.